The van der Waals surface area contributed by atoms with Crippen LogP contribution >= 0.6 is 0 Å². The molecule has 1 aromatic heterocycles. The van der Waals surface area contributed by atoms with E-state index in [1.165, 1.54) is 39.8 Å². The van der Waals surface area contributed by atoms with Gasteiger partial charge in [-0.2, -0.15) is 15.2 Å². The zero-order valence-electron chi connectivity index (χ0n) is 25.6. The van der Waals surface area contributed by atoms with E-state index in [4.69, 9.17) is 14.7 Å². The van der Waals surface area contributed by atoms with Crippen molar-refractivity contribution in [2.24, 2.45) is 5.92 Å². The number of halogens is 1. The minimum absolute atomic E-state index is 0.0910. The van der Waals surface area contributed by atoms with Gasteiger partial charge in [0, 0.05) is 55.9 Å². The van der Waals surface area contributed by atoms with E-state index in [0.717, 1.165) is 49.0 Å². The summed E-state index contributed by atoms with van der Waals surface area (Å²) in [4.78, 5) is 30.6. The van der Waals surface area contributed by atoms with Gasteiger partial charge in [0.15, 0.2) is 5.83 Å². The molecule has 6 rings (SSSR count). The first-order chi connectivity index (χ1) is 21.3. The molecule has 2 aliphatic heterocycles. The van der Waals surface area contributed by atoms with Crippen molar-refractivity contribution in [1.82, 2.24) is 19.8 Å². The molecule has 0 radical (unpaired) electrons. The Morgan fingerprint density at radius 2 is 1.95 bits per heavy atom. The Kier molecular flexibility index (Phi) is 8.67. The second kappa shape index (κ2) is 12.8. The van der Waals surface area contributed by atoms with Gasteiger partial charge in [-0.1, -0.05) is 36.9 Å². The summed E-state index contributed by atoms with van der Waals surface area (Å²) in [7, 11) is 2.12. The molecule has 1 saturated carbocycles. The average molecular weight is 598 g/mol. The fourth-order valence-corrected chi connectivity index (χ4v) is 6.57. The number of hydrogen-bond donors (Lipinski definition) is 0. The summed E-state index contributed by atoms with van der Waals surface area (Å²) < 4.78 is 20.0. The van der Waals surface area contributed by atoms with Crippen molar-refractivity contribution >= 4 is 28.2 Å². The van der Waals surface area contributed by atoms with E-state index in [9.17, 15) is 14.4 Å². The quantitative estimate of drug-likeness (QED) is 0.313. The van der Waals surface area contributed by atoms with Crippen molar-refractivity contribution in [2.45, 2.75) is 45.2 Å². The maximum Gasteiger partial charge on any atom is 0.318 e. The van der Waals surface area contributed by atoms with Gasteiger partial charge in [-0.25, -0.2) is 4.39 Å². The van der Waals surface area contributed by atoms with Crippen LogP contribution in [0.1, 0.15) is 36.1 Å². The number of anilines is 2. The van der Waals surface area contributed by atoms with Crippen molar-refractivity contribution in [1.29, 1.82) is 5.26 Å². The van der Waals surface area contributed by atoms with Gasteiger partial charge in [-0.3, -0.25) is 4.79 Å². The predicted octanol–water partition coefficient (Wildman–Crippen LogP) is 4.64. The van der Waals surface area contributed by atoms with Gasteiger partial charge >= 0.3 is 6.01 Å². The number of hydrogen-bond acceptors (Lipinski definition) is 8. The molecular formula is C34H40FN7O2. The molecule has 1 saturated heterocycles. The number of fused-ring (bicyclic) bond motifs is 2. The van der Waals surface area contributed by atoms with Crippen LogP contribution in [0.25, 0.3) is 10.8 Å². The highest BCUT2D eigenvalue weighted by Gasteiger charge is 2.35. The smallest absolute Gasteiger partial charge is 0.318 e. The fourth-order valence-electron chi connectivity index (χ4n) is 6.57. The second-order valence-electron chi connectivity index (χ2n) is 12.3. The van der Waals surface area contributed by atoms with Gasteiger partial charge in [-0.05, 0) is 56.2 Å². The lowest BCUT2D eigenvalue weighted by molar-refractivity contribution is -0.131. The molecule has 2 fully saturated rings. The molecule has 10 heteroatoms. The number of carbonyl (C=O) groups is 1. The summed E-state index contributed by atoms with van der Waals surface area (Å²) in [5.74, 6) is -0.183. The molecule has 0 spiro atoms. The number of piperazine rings is 1. The Balaban J connectivity index is 1.30. The van der Waals surface area contributed by atoms with Crippen LogP contribution in [0.4, 0.5) is 15.9 Å². The van der Waals surface area contributed by atoms with E-state index < -0.39 is 17.8 Å². The molecular weight excluding hydrogens is 557 g/mol. The first kappa shape index (κ1) is 29.8. The summed E-state index contributed by atoms with van der Waals surface area (Å²) in [6, 6.07) is 14.8. The standard InChI is InChI=1S/C34H40FN7O2/c1-23-6-4-7-26-8-5-9-30(31(23)26)40-15-13-28-29(22-40)37-34(44-19-18-39(3)20-25-10-11-25)38-32(28)41-16-17-42(33(43)24(2)35)27(21-41)12-14-36/h4-9,25,27H,2,10-13,15-22H2,1,3H3/t27-/m0/s1. The van der Waals surface area contributed by atoms with Crippen molar-refractivity contribution in [3.8, 4) is 12.1 Å². The maximum atomic E-state index is 13.8. The van der Waals surface area contributed by atoms with E-state index in [1.807, 2.05) is 0 Å². The minimum atomic E-state index is -1.01. The summed E-state index contributed by atoms with van der Waals surface area (Å²) in [6.45, 7) is 10.2. The van der Waals surface area contributed by atoms with Crippen LogP contribution in [0.2, 0.25) is 0 Å². The molecule has 44 heavy (non-hydrogen) atoms. The molecule has 0 N–H and O–H groups in total. The predicted molar refractivity (Wildman–Crippen MR) is 169 cm³/mol. The molecule has 230 valence electrons. The number of likely N-dealkylation sites (N-methyl/N-ethyl adjacent to an activating group) is 1. The Bertz CT molecular complexity index is 1600. The number of aromatic nitrogens is 2. The van der Waals surface area contributed by atoms with E-state index >= 15 is 0 Å². The maximum absolute atomic E-state index is 13.8. The molecule has 1 aliphatic carbocycles. The van der Waals surface area contributed by atoms with Crippen LogP contribution in [0, 0.1) is 24.2 Å². The van der Waals surface area contributed by atoms with E-state index in [2.05, 4.69) is 77.7 Å². The first-order valence-electron chi connectivity index (χ1n) is 15.5. The van der Waals surface area contributed by atoms with Crippen LogP contribution in [-0.4, -0.2) is 84.6 Å². The molecule has 3 heterocycles. The number of amides is 1. The van der Waals surface area contributed by atoms with Gasteiger partial charge < -0.3 is 24.3 Å². The van der Waals surface area contributed by atoms with Gasteiger partial charge in [0.2, 0.25) is 0 Å². The largest absolute Gasteiger partial charge is 0.462 e. The number of nitriles is 1. The molecule has 3 aromatic rings. The van der Waals surface area contributed by atoms with Crippen molar-refractivity contribution < 1.29 is 13.9 Å². The highest BCUT2D eigenvalue weighted by atomic mass is 19.1. The van der Waals surface area contributed by atoms with E-state index in [1.54, 1.807) is 0 Å². The van der Waals surface area contributed by atoms with Gasteiger partial charge in [-0.15, -0.1) is 0 Å². The second-order valence-corrected chi connectivity index (χ2v) is 12.3. The lowest BCUT2D eigenvalue weighted by Gasteiger charge is -2.42. The topological polar surface area (TPSA) is 88.8 Å². The fraction of sp³-hybridized carbons (Fsp3) is 0.471. The van der Waals surface area contributed by atoms with E-state index in [0.29, 0.717) is 32.3 Å². The monoisotopic (exact) mass is 597 g/mol. The molecule has 0 bridgehead atoms. The summed E-state index contributed by atoms with van der Waals surface area (Å²) >= 11 is 0. The number of benzene rings is 2. The molecule has 1 atom stereocenters. The third-order valence-corrected chi connectivity index (χ3v) is 9.03. The Labute approximate surface area is 258 Å². The number of rotatable bonds is 10. The lowest BCUT2D eigenvalue weighted by Crippen LogP contribution is -2.55. The number of ether oxygens (including phenoxy) is 1. The van der Waals surface area contributed by atoms with Crippen molar-refractivity contribution in [2.75, 3.05) is 62.7 Å². The number of aryl methyl sites for hydroxylation is 1. The summed E-state index contributed by atoms with van der Waals surface area (Å²) in [6.07, 6.45) is 3.44. The SMILES string of the molecule is C=C(F)C(=O)N1CCN(c2nc(OCCN(C)CC3CC3)nc3c2CCN(c2cccc4cccc(C)c24)C3)C[C@@H]1CC#N. The first-order valence-corrected chi connectivity index (χ1v) is 15.5. The van der Waals surface area contributed by atoms with Gasteiger partial charge in [0.25, 0.3) is 5.91 Å². The molecule has 9 nitrogen and oxygen atoms in total. The molecule has 0 unspecified atom stereocenters. The average Bonchev–Trinajstić information content (AvgIpc) is 3.84. The Hall–Kier alpha value is -4.23. The summed E-state index contributed by atoms with van der Waals surface area (Å²) in [5.41, 5.74) is 4.39. The van der Waals surface area contributed by atoms with Crippen molar-refractivity contribution in [3.05, 3.63) is 65.6 Å². The number of nitrogens with zero attached hydrogens (tertiary/aromatic N) is 7. The summed E-state index contributed by atoms with van der Waals surface area (Å²) in [5, 5.41) is 12.0. The third-order valence-electron chi connectivity index (χ3n) is 9.03. The van der Waals surface area contributed by atoms with Gasteiger partial charge in [0.05, 0.1) is 30.8 Å². The Morgan fingerprint density at radius 1 is 1.16 bits per heavy atom. The van der Waals surface area contributed by atoms with Crippen LogP contribution < -0.4 is 14.5 Å². The highest BCUT2D eigenvalue weighted by Crippen LogP contribution is 2.36. The zero-order chi connectivity index (χ0) is 30.8. The zero-order valence-corrected chi connectivity index (χ0v) is 25.6. The third kappa shape index (κ3) is 6.34. The minimum Gasteiger partial charge on any atom is -0.462 e. The molecule has 1 amide bonds. The lowest BCUT2D eigenvalue weighted by atomic mass is 9.99. The van der Waals surface area contributed by atoms with Crippen LogP contribution in [0.5, 0.6) is 6.01 Å². The normalized spacial score (nSPS) is 18.3. The van der Waals surface area contributed by atoms with Crippen molar-refractivity contribution in [3.63, 3.8) is 0 Å². The van der Waals surface area contributed by atoms with Gasteiger partial charge in [0.1, 0.15) is 12.4 Å². The van der Waals surface area contributed by atoms with Crippen LogP contribution in [0.3, 0.4) is 0 Å². The molecule has 2 aromatic carbocycles. The Morgan fingerprint density at radius 3 is 2.70 bits per heavy atom. The van der Waals surface area contributed by atoms with Crippen LogP contribution in [-0.2, 0) is 17.8 Å². The highest BCUT2D eigenvalue weighted by molar-refractivity contribution is 5.97. The molecule has 3 aliphatic rings. The van der Waals surface area contributed by atoms with E-state index in [-0.39, 0.29) is 13.0 Å². The van der Waals surface area contributed by atoms with Crippen LogP contribution in [0.15, 0.2) is 48.8 Å². The number of carbonyl (C=O) groups excluding carboxylic acids is 1.